The summed E-state index contributed by atoms with van der Waals surface area (Å²) in [4.78, 5) is 11.8. The van der Waals surface area contributed by atoms with E-state index in [1.54, 1.807) is 0 Å². The standard InChI is InChI=1S/C19H16ClF4NO3S/c20-14-6-12(7-15(21)9-14)18(26)25-16-4-11(5-16)10-29(27,28)17-3-1-2-13(8-17)19(22,23)24/h1-3,6-9,11,16H,4-5,10H2,(H,25,26)/t11-,16-. The molecule has 0 bridgehead atoms. The summed E-state index contributed by atoms with van der Waals surface area (Å²) in [6.45, 7) is 0. The van der Waals surface area contributed by atoms with E-state index < -0.39 is 33.3 Å². The lowest BCUT2D eigenvalue weighted by Gasteiger charge is -2.35. The molecule has 1 fully saturated rings. The number of carbonyl (C=O) groups excluding carboxylic acids is 1. The summed E-state index contributed by atoms with van der Waals surface area (Å²) in [5, 5.41) is 2.74. The molecule has 0 aromatic heterocycles. The molecule has 3 rings (SSSR count). The van der Waals surface area contributed by atoms with Crippen LogP contribution in [0.3, 0.4) is 0 Å². The molecule has 0 spiro atoms. The van der Waals surface area contributed by atoms with Crippen molar-refractivity contribution in [2.75, 3.05) is 5.75 Å². The van der Waals surface area contributed by atoms with Gasteiger partial charge in [-0.25, -0.2) is 12.8 Å². The summed E-state index contributed by atoms with van der Waals surface area (Å²) < 4.78 is 76.6. The zero-order valence-corrected chi connectivity index (χ0v) is 16.4. The highest BCUT2D eigenvalue weighted by atomic mass is 35.5. The predicted molar refractivity (Wildman–Crippen MR) is 98.9 cm³/mol. The number of nitrogens with one attached hydrogen (secondary N) is 1. The van der Waals surface area contributed by atoms with Crippen molar-refractivity contribution in [3.05, 3.63) is 64.4 Å². The molecule has 0 unspecified atom stereocenters. The van der Waals surface area contributed by atoms with Crippen LogP contribution in [0.25, 0.3) is 0 Å². The van der Waals surface area contributed by atoms with Gasteiger partial charge in [-0.3, -0.25) is 4.79 Å². The van der Waals surface area contributed by atoms with E-state index in [-0.39, 0.29) is 33.2 Å². The van der Waals surface area contributed by atoms with Gasteiger partial charge in [0, 0.05) is 16.6 Å². The number of amides is 1. The number of alkyl halides is 3. The lowest BCUT2D eigenvalue weighted by atomic mass is 9.81. The van der Waals surface area contributed by atoms with Crippen molar-refractivity contribution in [2.24, 2.45) is 5.92 Å². The van der Waals surface area contributed by atoms with Crippen molar-refractivity contribution in [3.63, 3.8) is 0 Å². The van der Waals surface area contributed by atoms with Crippen LogP contribution in [0.15, 0.2) is 47.4 Å². The molecule has 4 nitrogen and oxygen atoms in total. The van der Waals surface area contributed by atoms with Crippen molar-refractivity contribution in [3.8, 4) is 0 Å². The van der Waals surface area contributed by atoms with Crippen LogP contribution in [-0.2, 0) is 16.0 Å². The highest BCUT2D eigenvalue weighted by molar-refractivity contribution is 7.91. The number of sulfone groups is 1. The van der Waals surface area contributed by atoms with E-state index in [0.717, 1.165) is 30.3 Å². The summed E-state index contributed by atoms with van der Waals surface area (Å²) in [6.07, 6.45) is -3.92. The Hall–Kier alpha value is -2.13. The Kier molecular flexibility index (Phi) is 5.91. The molecule has 2 aromatic carbocycles. The first-order valence-electron chi connectivity index (χ1n) is 8.61. The summed E-state index contributed by atoms with van der Waals surface area (Å²) in [5.41, 5.74) is -0.971. The molecule has 29 heavy (non-hydrogen) atoms. The van der Waals surface area contributed by atoms with Crippen LogP contribution in [0.1, 0.15) is 28.8 Å². The number of benzene rings is 2. The maximum atomic E-state index is 13.3. The first-order chi connectivity index (χ1) is 13.4. The van der Waals surface area contributed by atoms with Crippen molar-refractivity contribution in [1.82, 2.24) is 5.32 Å². The van der Waals surface area contributed by atoms with E-state index in [1.165, 1.54) is 6.07 Å². The van der Waals surface area contributed by atoms with Gasteiger partial charge < -0.3 is 5.32 Å². The third-order valence-electron chi connectivity index (χ3n) is 4.67. The molecule has 10 heteroatoms. The van der Waals surface area contributed by atoms with Gasteiger partial charge in [-0.2, -0.15) is 13.2 Å². The van der Waals surface area contributed by atoms with Gasteiger partial charge in [-0.15, -0.1) is 0 Å². The Bertz CT molecular complexity index is 1010. The molecular formula is C19H16ClF4NO3S. The average molecular weight is 450 g/mol. The molecule has 1 amide bonds. The lowest BCUT2D eigenvalue weighted by Crippen LogP contribution is -2.46. The second-order valence-electron chi connectivity index (χ2n) is 6.97. The SMILES string of the molecule is O=C(N[C@H]1C[C@H](CS(=O)(=O)c2cccc(C(F)(F)F)c2)C1)c1cc(F)cc(Cl)c1. The second-order valence-corrected chi connectivity index (χ2v) is 9.44. The minimum absolute atomic E-state index is 0.0510. The van der Waals surface area contributed by atoms with Crippen LogP contribution >= 0.6 is 11.6 Å². The smallest absolute Gasteiger partial charge is 0.349 e. The molecular weight excluding hydrogens is 434 g/mol. The first-order valence-corrected chi connectivity index (χ1v) is 10.6. The van der Waals surface area contributed by atoms with Gasteiger partial charge in [0.1, 0.15) is 5.82 Å². The molecule has 1 N–H and O–H groups in total. The summed E-state index contributed by atoms with van der Waals surface area (Å²) in [7, 11) is -3.90. The molecule has 0 atom stereocenters. The number of hydrogen-bond donors (Lipinski definition) is 1. The topological polar surface area (TPSA) is 63.2 Å². The predicted octanol–water partition coefficient (Wildman–Crippen LogP) is 4.48. The van der Waals surface area contributed by atoms with Crippen molar-refractivity contribution in [1.29, 1.82) is 0 Å². The van der Waals surface area contributed by atoms with Crippen molar-refractivity contribution in [2.45, 2.75) is 30.0 Å². The van der Waals surface area contributed by atoms with Crippen LogP contribution in [0.5, 0.6) is 0 Å². The van der Waals surface area contributed by atoms with Gasteiger partial charge in [-0.05, 0) is 55.2 Å². The fourth-order valence-corrected chi connectivity index (χ4v) is 5.12. The minimum atomic E-state index is -4.63. The number of rotatable bonds is 5. The molecule has 0 saturated heterocycles. The van der Waals surface area contributed by atoms with E-state index in [9.17, 15) is 30.8 Å². The van der Waals surface area contributed by atoms with Gasteiger partial charge >= 0.3 is 6.18 Å². The highest BCUT2D eigenvalue weighted by Crippen LogP contribution is 2.33. The minimum Gasteiger partial charge on any atom is -0.349 e. The fraction of sp³-hybridized carbons (Fsp3) is 0.316. The van der Waals surface area contributed by atoms with Crippen LogP contribution in [-0.4, -0.2) is 26.1 Å². The number of halogens is 5. The Balaban J connectivity index is 1.58. The molecule has 1 aliphatic carbocycles. The lowest BCUT2D eigenvalue weighted by molar-refractivity contribution is -0.137. The molecule has 156 valence electrons. The van der Waals surface area contributed by atoms with E-state index >= 15 is 0 Å². The zero-order chi connectivity index (χ0) is 21.4. The van der Waals surface area contributed by atoms with Crippen LogP contribution in [0.2, 0.25) is 5.02 Å². The zero-order valence-electron chi connectivity index (χ0n) is 14.8. The van der Waals surface area contributed by atoms with Gasteiger partial charge in [0.2, 0.25) is 0 Å². The maximum absolute atomic E-state index is 13.3. The van der Waals surface area contributed by atoms with E-state index in [1.807, 2.05) is 0 Å². The average Bonchev–Trinajstić information content (AvgIpc) is 2.58. The molecule has 1 saturated carbocycles. The quantitative estimate of drug-likeness (QED) is 0.684. The van der Waals surface area contributed by atoms with Crippen LogP contribution < -0.4 is 5.32 Å². The summed E-state index contributed by atoms with van der Waals surface area (Å²) in [5.74, 6) is -1.79. The Labute approximate surface area is 169 Å². The van der Waals surface area contributed by atoms with E-state index in [0.29, 0.717) is 18.9 Å². The van der Waals surface area contributed by atoms with Gasteiger partial charge in [0.05, 0.1) is 16.2 Å². The van der Waals surface area contributed by atoms with Crippen molar-refractivity contribution >= 4 is 27.3 Å². The summed E-state index contributed by atoms with van der Waals surface area (Å²) in [6, 6.07) is 6.75. The third kappa shape index (κ3) is 5.27. The monoisotopic (exact) mass is 449 g/mol. The fourth-order valence-electron chi connectivity index (χ4n) is 3.22. The largest absolute Gasteiger partial charge is 0.416 e. The maximum Gasteiger partial charge on any atom is 0.416 e. The first kappa shape index (κ1) is 21.6. The third-order valence-corrected chi connectivity index (χ3v) is 6.77. The molecule has 0 aliphatic heterocycles. The van der Waals surface area contributed by atoms with Gasteiger partial charge in [0.25, 0.3) is 5.91 Å². The van der Waals surface area contributed by atoms with Crippen molar-refractivity contribution < 1.29 is 30.8 Å². The Morgan fingerprint density at radius 3 is 2.45 bits per heavy atom. The Morgan fingerprint density at radius 1 is 1.14 bits per heavy atom. The van der Waals surface area contributed by atoms with Gasteiger partial charge in [-0.1, -0.05) is 17.7 Å². The molecule has 0 heterocycles. The normalized spacial score (nSPS) is 19.5. The Morgan fingerprint density at radius 2 is 1.83 bits per heavy atom. The molecule has 2 aromatic rings. The van der Waals surface area contributed by atoms with E-state index in [2.05, 4.69) is 5.32 Å². The number of carbonyl (C=O) groups is 1. The highest BCUT2D eigenvalue weighted by Gasteiger charge is 2.36. The number of hydrogen-bond acceptors (Lipinski definition) is 3. The molecule has 1 aliphatic rings. The van der Waals surface area contributed by atoms with Gasteiger partial charge in [0.15, 0.2) is 9.84 Å². The van der Waals surface area contributed by atoms with Crippen LogP contribution in [0, 0.1) is 11.7 Å². The molecule has 0 radical (unpaired) electrons. The summed E-state index contributed by atoms with van der Waals surface area (Å²) >= 11 is 5.71. The van der Waals surface area contributed by atoms with Crippen LogP contribution in [0.4, 0.5) is 17.6 Å². The van der Waals surface area contributed by atoms with E-state index in [4.69, 9.17) is 11.6 Å². The second kappa shape index (κ2) is 7.95.